The van der Waals surface area contributed by atoms with Gasteiger partial charge in [-0.25, -0.2) is 0 Å². The number of rotatable bonds is 9. The number of aromatic nitrogens is 2. The van der Waals surface area contributed by atoms with Gasteiger partial charge in [0.2, 0.25) is 0 Å². The molecule has 0 aromatic carbocycles. The maximum atomic E-state index is 9.63. The Balaban J connectivity index is 0.979. The Kier molecular flexibility index (Phi) is 8.33. The second-order valence-corrected chi connectivity index (χ2v) is 16.9. The molecule has 0 aliphatic carbocycles. The third-order valence-corrected chi connectivity index (χ3v) is 14.1. The summed E-state index contributed by atoms with van der Waals surface area (Å²) in [7, 11) is 0. The largest absolute Gasteiger partial charge is 0.303 e. The van der Waals surface area contributed by atoms with Crippen LogP contribution in [0.15, 0.2) is 108 Å². The molecule has 10 heteroatoms. The average Bonchev–Trinajstić information content (AvgIpc) is 3.95. The molecule has 0 aliphatic rings. The molecule has 0 aliphatic heterocycles. The lowest BCUT2D eigenvalue weighted by atomic mass is 10.1. The predicted molar refractivity (Wildman–Crippen MR) is 205 cm³/mol. The van der Waals surface area contributed by atoms with Crippen LogP contribution in [0.1, 0.15) is 19.5 Å². The summed E-state index contributed by atoms with van der Waals surface area (Å²) in [6, 6.07) is 31.7. The first-order valence-electron chi connectivity index (χ1n) is 14.5. The third kappa shape index (κ3) is 6.34. The van der Waals surface area contributed by atoms with Crippen molar-refractivity contribution < 1.29 is 0 Å². The van der Waals surface area contributed by atoms with E-state index in [0.29, 0.717) is 17.7 Å². The predicted octanol–water partition coefficient (Wildman–Crippen LogP) is 12.3. The Morgan fingerprint density at radius 1 is 0.660 bits per heavy atom. The number of nitrogens with one attached hydrogen (secondary N) is 1. The van der Waals surface area contributed by atoms with Crippen molar-refractivity contribution in [2.45, 2.75) is 6.42 Å². The van der Waals surface area contributed by atoms with E-state index >= 15 is 0 Å². The van der Waals surface area contributed by atoms with E-state index in [1.807, 2.05) is 53.5 Å². The van der Waals surface area contributed by atoms with Gasteiger partial charge >= 0.3 is 0 Å². The van der Waals surface area contributed by atoms with Gasteiger partial charge in [0.15, 0.2) is 0 Å². The second-order valence-electron chi connectivity index (χ2n) is 10.6. The zero-order valence-electron chi connectivity index (χ0n) is 24.5. The molecule has 4 nitrogen and oxygen atoms in total. The summed E-state index contributed by atoms with van der Waals surface area (Å²) in [4.78, 5) is 21.0. The van der Waals surface area contributed by atoms with Crippen molar-refractivity contribution in [3.05, 3.63) is 128 Å². The van der Waals surface area contributed by atoms with Gasteiger partial charge < -0.3 is 5.41 Å². The van der Waals surface area contributed by atoms with E-state index in [0.717, 1.165) is 46.5 Å². The van der Waals surface area contributed by atoms with Crippen molar-refractivity contribution in [3.63, 3.8) is 0 Å². The van der Waals surface area contributed by atoms with E-state index in [9.17, 15) is 5.26 Å². The highest BCUT2D eigenvalue weighted by Gasteiger charge is 2.13. The lowest BCUT2D eigenvalue weighted by molar-refractivity contribution is 1.34. The van der Waals surface area contributed by atoms with E-state index < -0.39 is 0 Å². The lowest BCUT2D eigenvalue weighted by Gasteiger charge is -2.03. The van der Waals surface area contributed by atoms with Crippen molar-refractivity contribution in [1.82, 2.24) is 9.97 Å². The molecule has 0 fully saturated rings. The molecule has 0 saturated carbocycles. The van der Waals surface area contributed by atoms with Crippen molar-refractivity contribution in [1.29, 1.82) is 10.7 Å². The van der Waals surface area contributed by atoms with E-state index in [4.69, 9.17) is 15.4 Å². The number of nitrogens with zero attached hydrogens (tertiary/aromatic N) is 3. The molecule has 8 aromatic rings. The number of fused-ring (bicyclic) bond motifs is 1. The van der Waals surface area contributed by atoms with Gasteiger partial charge in [-0.3, -0.25) is 9.97 Å². The van der Waals surface area contributed by atoms with Crippen LogP contribution >= 0.6 is 68.0 Å². The Hall–Kier alpha value is -4.34. The van der Waals surface area contributed by atoms with Crippen LogP contribution in [0.4, 0.5) is 0 Å². The molecule has 8 heterocycles. The molecule has 0 saturated heterocycles. The minimum Gasteiger partial charge on any atom is -0.303 e. The molecule has 1 N–H and O–H groups in total. The Morgan fingerprint density at radius 2 is 1.21 bits per heavy atom. The monoisotopic (exact) mass is 714 g/mol. The fraction of sp³-hybridized carbons (Fsp3) is 0.0270. The van der Waals surface area contributed by atoms with E-state index in [-0.39, 0.29) is 0 Å². The fourth-order valence-electron chi connectivity index (χ4n) is 5.13. The van der Waals surface area contributed by atoms with Crippen LogP contribution in [-0.4, -0.2) is 15.7 Å². The van der Waals surface area contributed by atoms with Crippen LogP contribution in [0.2, 0.25) is 0 Å². The molecule has 0 unspecified atom stereocenters. The third-order valence-electron chi connectivity index (χ3n) is 7.45. The maximum Gasteiger partial charge on any atom is 0.101 e. The zero-order chi connectivity index (χ0) is 31.7. The molecular formula is C37H22N4S6. The van der Waals surface area contributed by atoms with Crippen LogP contribution in [-0.2, 0) is 6.42 Å². The van der Waals surface area contributed by atoms with Gasteiger partial charge in [-0.05, 0) is 89.6 Å². The highest BCUT2D eigenvalue weighted by atomic mass is 32.1. The quantitative estimate of drug-likeness (QED) is 0.119. The van der Waals surface area contributed by atoms with Crippen molar-refractivity contribution in [2.24, 2.45) is 0 Å². The summed E-state index contributed by atoms with van der Waals surface area (Å²) >= 11 is 10.2. The number of thiophene rings is 6. The molecule has 0 bridgehead atoms. The first-order valence-corrected chi connectivity index (χ1v) is 19.5. The molecule has 0 amide bonds. The van der Waals surface area contributed by atoms with Gasteiger partial charge in [0.1, 0.15) is 6.07 Å². The van der Waals surface area contributed by atoms with Crippen molar-refractivity contribution in [2.75, 3.05) is 0 Å². The Labute approximate surface area is 295 Å². The highest BCUT2D eigenvalue weighted by Crippen LogP contribution is 2.41. The lowest BCUT2D eigenvalue weighted by Crippen LogP contribution is -1.98. The maximum absolute atomic E-state index is 9.63. The van der Waals surface area contributed by atoms with E-state index in [1.54, 1.807) is 68.0 Å². The Morgan fingerprint density at radius 3 is 1.83 bits per heavy atom. The number of hydrogen-bond donors (Lipinski definition) is 1. The van der Waals surface area contributed by atoms with Crippen LogP contribution < -0.4 is 0 Å². The summed E-state index contributed by atoms with van der Waals surface area (Å²) in [5.74, 6) is 0. The number of hydrogen-bond acceptors (Lipinski definition) is 10. The van der Waals surface area contributed by atoms with Gasteiger partial charge in [0, 0.05) is 78.7 Å². The van der Waals surface area contributed by atoms with Gasteiger partial charge in [0.05, 0.1) is 22.3 Å². The molecule has 0 radical (unpaired) electrons. The summed E-state index contributed by atoms with van der Waals surface area (Å²) in [5.41, 5.74) is 5.22. The summed E-state index contributed by atoms with van der Waals surface area (Å²) in [5, 5.41) is 22.1. The molecule has 0 spiro atoms. The first kappa shape index (κ1) is 30.0. The molecule has 0 atom stereocenters. The molecule has 8 aromatic heterocycles. The zero-order valence-corrected chi connectivity index (χ0v) is 29.4. The van der Waals surface area contributed by atoms with Crippen molar-refractivity contribution >= 4 is 96.4 Å². The molecule has 47 heavy (non-hydrogen) atoms. The Bertz CT molecular complexity index is 2430. The molecule has 8 rings (SSSR count). The topological polar surface area (TPSA) is 73.4 Å². The second kappa shape index (κ2) is 13.0. The highest BCUT2D eigenvalue weighted by molar-refractivity contribution is 7.24. The molecule has 226 valence electrons. The standard InChI is InChI=1S/C37H22N4S6/c38-19-22(30-3-1-13-42-30)15-25-5-7-34(44-25)36-11-9-31(46-36)23-16-28-29(40-20-23)17-24(21-41-28)32-10-12-37(47-32)35-8-6-26(45-35)18-27(39)33-4-2-14-43-33/h1-17,20-21,39H,18H2/b22-15+,39-27?. The SMILES string of the molecule is N#C/C(=C\c1ccc(-c2ccc(-c3cnc4cc(-c5ccc(-c6ccc(CC(=N)c7cccs7)s6)s5)cnc4c3)s2)s1)c1cccs1. The number of nitriles is 1. The van der Waals surface area contributed by atoms with Gasteiger partial charge in [-0.15, -0.1) is 68.0 Å². The van der Waals surface area contributed by atoms with E-state index in [2.05, 4.69) is 66.7 Å². The van der Waals surface area contributed by atoms with E-state index in [1.165, 1.54) is 24.4 Å². The normalized spacial score (nSPS) is 11.7. The molecular weight excluding hydrogens is 693 g/mol. The summed E-state index contributed by atoms with van der Waals surface area (Å²) in [6.45, 7) is 0. The minimum atomic E-state index is 0.658. The van der Waals surface area contributed by atoms with Gasteiger partial charge in [-0.1, -0.05) is 12.1 Å². The first-order chi connectivity index (χ1) is 23.1. The summed E-state index contributed by atoms with van der Waals surface area (Å²) < 4.78 is 0. The van der Waals surface area contributed by atoms with Crippen LogP contribution in [0.5, 0.6) is 0 Å². The number of pyridine rings is 2. The smallest absolute Gasteiger partial charge is 0.101 e. The fourth-order valence-corrected chi connectivity index (χ4v) is 10.6. The summed E-state index contributed by atoms with van der Waals surface area (Å²) in [6.07, 6.45) is 6.51. The van der Waals surface area contributed by atoms with Crippen LogP contribution in [0.3, 0.4) is 0 Å². The van der Waals surface area contributed by atoms with Crippen LogP contribution in [0, 0.1) is 16.7 Å². The van der Waals surface area contributed by atoms with Crippen LogP contribution in [0.25, 0.3) is 63.1 Å². The number of allylic oxidation sites excluding steroid dienone is 1. The minimum absolute atomic E-state index is 0.658. The van der Waals surface area contributed by atoms with Gasteiger partial charge in [0.25, 0.3) is 0 Å². The van der Waals surface area contributed by atoms with Gasteiger partial charge in [-0.2, -0.15) is 5.26 Å². The average molecular weight is 715 g/mol. The van der Waals surface area contributed by atoms with Crippen molar-refractivity contribution in [3.8, 4) is 46.5 Å².